The standard InChI is InChI=1S/C12H10ClF2N5S2/c13-9-5-6-10(18-17-9)19-20-12(21)16-7-1-3-8(4-2-7)22-11(14)15/h1-6,11H,(H,18,19)(H2,16,20,21). The fraction of sp³-hybridized carbons (Fsp3) is 0.0833. The highest BCUT2D eigenvalue weighted by molar-refractivity contribution is 7.99. The first-order chi connectivity index (χ1) is 10.5. The predicted octanol–water partition coefficient (Wildman–Crippen LogP) is 3.76. The van der Waals surface area contributed by atoms with Crippen LogP contribution in [0.1, 0.15) is 0 Å². The molecule has 0 unspecified atom stereocenters. The molecule has 0 spiro atoms. The zero-order valence-electron chi connectivity index (χ0n) is 10.9. The van der Waals surface area contributed by atoms with E-state index in [0.717, 1.165) is 0 Å². The van der Waals surface area contributed by atoms with Crippen molar-refractivity contribution in [3.05, 3.63) is 41.6 Å². The topological polar surface area (TPSA) is 61.9 Å². The van der Waals surface area contributed by atoms with Crippen molar-refractivity contribution in [3.63, 3.8) is 0 Å². The summed E-state index contributed by atoms with van der Waals surface area (Å²) in [5, 5.41) is 10.9. The summed E-state index contributed by atoms with van der Waals surface area (Å²) in [6.07, 6.45) is 0. The van der Waals surface area contributed by atoms with Crippen LogP contribution in [0.4, 0.5) is 20.3 Å². The lowest BCUT2D eigenvalue weighted by atomic mass is 10.3. The summed E-state index contributed by atoms with van der Waals surface area (Å²) in [5.74, 6) is -2.00. The van der Waals surface area contributed by atoms with Crippen LogP contribution >= 0.6 is 35.6 Å². The number of thiocarbonyl (C=S) groups is 1. The van der Waals surface area contributed by atoms with E-state index in [-0.39, 0.29) is 10.3 Å². The van der Waals surface area contributed by atoms with Gasteiger partial charge in [0.05, 0.1) is 0 Å². The second kappa shape index (κ2) is 8.06. The lowest BCUT2D eigenvalue weighted by Gasteiger charge is -2.12. The molecule has 0 saturated carbocycles. The number of nitrogens with zero attached hydrogens (tertiary/aromatic N) is 2. The molecule has 10 heteroatoms. The van der Waals surface area contributed by atoms with Crippen LogP contribution in [0, 0.1) is 0 Å². The summed E-state index contributed by atoms with van der Waals surface area (Å²) in [6.45, 7) is 0. The number of thioether (sulfide) groups is 1. The SMILES string of the molecule is FC(F)Sc1ccc(NC(=S)NNc2ccc(Cl)nn2)cc1. The Morgan fingerprint density at radius 3 is 2.45 bits per heavy atom. The third kappa shape index (κ3) is 5.58. The van der Waals surface area contributed by atoms with Crippen LogP contribution in [-0.2, 0) is 0 Å². The number of hydrogen-bond acceptors (Lipinski definition) is 5. The smallest absolute Gasteiger partial charge is 0.288 e. The Bertz CT molecular complexity index is 624. The van der Waals surface area contributed by atoms with Gasteiger partial charge in [-0.2, -0.15) is 8.78 Å². The minimum atomic E-state index is -2.44. The first kappa shape index (κ1) is 16.7. The lowest BCUT2D eigenvalue weighted by Crippen LogP contribution is -2.33. The van der Waals surface area contributed by atoms with Crippen molar-refractivity contribution in [2.24, 2.45) is 0 Å². The van der Waals surface area contributed by atoms with E-state index in [2.05, 4.69) is 26.4 Å². The Morgan fingerprint density at radius 2 is 1.86 bits per heavy atom. The van der Waals surface area contributed by atoms with E-state index in [1.165, 1.54) is 0 Å². The molecular weight excluding hydrogens is 352 g/mol. The van der Waals surface area contributed by atoms with Crippen LogP contribution in [0.2, 0.25) is 5.15 Å². The van der Waals surface area contributed by atoms with Crippen molar-refractivity contribution in [3.8, 4) is 0 Å². The second-order valence-corrected chi connectivity index (χ2v) is 5.71. The number of anilines is 2. The number of nitrogens with one attached hydrogen (secondary N) is 3. The summed E-state index contributed by atoms with van der Waals surface area (Å²) >= 11 is 11.2. The number of aromatic nitrogens is 2. The van der Waals surface area contributed by atoms with Crippen LogP contribution in [0.25, 0.3) is 0 Å². The van der Waals surface area contributed by atoms with E-state index in [9.17, 15) is 8.78 Å². The number of hydrazine groups is 1. The second-order valence-electron chi connectivity index (χ2n) is 3.85. The van der Waals surface area contributed by atoms with Gasteiger partial charge in [0, 0.05) is 10.6 Å². The van der Waals surface area contributed by atoms with E-state index in [0.29, 0.717) is 28.2 Å². The maximum Gasteiger partial charge on any atom is 0.288 e. The normalized spacial score (nSPS) is 10.4. The first-order valence-electron chi connectivity index (χ1n) is 5.90. The monoisotopic (exact) mass is 361 g/mol. The van der Waals surface area contributed by atoms with Gasteiger partial charge in [-0.25, -0.2) is 0 Å². The summed E-state index contributed by atoms with van der Waals surface area (Å²) in [4.78, 5) is 0.481. The van der Waals surface area contributed by atoms with Gasteiger partial charge in [0.2, 0.25) is 0 Å². The Balaban J connectivity index is 1.82. The first-order valence-corrected chi connectivity index (χ1v) is 7.56. The summed E-state index contributed by atoms with van der Waals surface area (Å²) in [6, 6.07) is 9.68. The molecule has 2 rings (SSSR count). The predicted molar refractivity (Wildman–Crippen MR) is 88.3 cm³/mol. The van der Waals surface area contributed by atoms with E-state index in [1.807, 2.05) is 0 Å². The van der Waals surface area contributed by atoms with Crippen molar-refractivity contribution < 1.29 is 8.78 Å². The molecule has 0 bridgehead atoms. The molecule has 0 fully saturated rings. The quantitative estimate of drug-likeness (QED) is 0.426. The number of hydrogen-bond donors (Lipinski definition) is 3. The molecule has 1 aromatic heterocycles. The van der Waals surface area contributed by atoms with Gasteiger partial charge in [-0.3, -0.25) is 10.9 Å². The highest BCUT2D eigenvalue weighted by atomic mass is 35.5. The van der Waals surface area contributed by atoms with Gasteiger partial charge < -0.3 is 5.32 Å². The average molecular weight is 362 g/mol. The highest BCUT2D eigenvalue weighted by Gasteiger charge is 2.05. The molecule has 0 radical (unpaired) electrons. The lowest BCUT2D eigenvalue weighted by molar-refractivity contribution is 0.252. The van der Waals surface area contributed by atoms with Crippen molar-refractivity contribution in [2.45, 2.75) is 10.7 Å². The van der Waals surface area contributed by atoms with E-state index in [4.69, 9.17) is 23.8 Å². The van der Waals surface area contributed by atoms with Crippen LogP contribution in [0.5, 0.6) is 0 Å². The molecule has 0 aliphatic carbocycles. The maximum absolute atomic E-state index is 12.2. The van der Waals surface area contributed by atoms with Gasteiger partial charge in [0.1, 0.15) is 0 Å². The van der Waals surface area contributed by atoms with Crippen LogP contribution in [0.15, 0.2) is 41.3 Å². The maximum atomic E-state index is 12.2. The Kier molecular flexibility index (Phi) is 6.10. The molecule has 0 aliphatic heterocycles. The Labute approximate surface area is 139 Å². The van der Waals surface area contributed by atoms with Gasteiger partial charge in [0.25, 0.3) is 5.76 Å². The zero-order chi connectivity index (χ0) is 15.9. The molecular formula is C12H10ClF2N5S2. The van der Waals surface area contributed by atoms with Gasteiger partial charge in [-0.1, -0.05) is 23.4 Å². The number of alkyl halides is 2. The largest absolute Gasteiger partial charge is 0.331 e. The van der Waals surface area contributed by atoms with E-state index in [1.54, 1.807) is 36.4 Å². The molecule has 116 valence electrons. The van der Waals surface area contributed by atoms with Crippen LogP contribution in [-0.4, -0.2) is 21.1 Å². The highest BCUT2D eigenvalue weighted by Crippen LogP contribution is 2.26. The molecule has 5 nitrogen and oxygen atoms in total. The molecule has 3 N–H and O–H groups in total. The molecule has 1 heterocycles. The van der Waals surface area contributed by atoms with Gasteiger partial charge in [-0.05, 0) is 48.6 Å². The summed E-state index contributed by atoms with van der Waals surface area (Å²) < 4.78 is 24.4. The third-order valence-electron chi connectivity index (χ3n) is 2.27. The van der Waals surface area contributed by atoms with Gasteiger partial charge in [-0.15, -0.1) is 10.2 Å². The Morgan fingerprint density at radius 1 is 1.14 bits per heavy atom. The summed E-state index contributed by atoms with van der Waals surface area (Å²) in [7, 11) is 0. The third-order valence-corrected chi connectivity index (χ3v) is 3.40. The van der Waals surface area contributed by atoms with Crippen molar-refractivity contribution in [2.75, 3.05) is 10.7 Å². The number of benzene rings is 1. The van der Waals surface area contributed by atoms with Crippen LogP contribution in [0.3, 0.4) is 0 Å². The fourth-order valence-corrected chi connectivity index (χ4v) is 2.15. The van der Waals surface area contributed by atoms with Crippen molar-refractivity contribution >= 4 is 52.2 Å². The van der Waals surface area contributed by atoms with Gasteiger partial charge in [0.15, 0.2) is 16.1 Å². The molecule has 2 aromatic rings. The van der Waals surface area contributed by atoms with Gasteiger partial charge >= 0.3 is 0 Å². The number of halogens is 3. The minimum Gasteiger partial charge on any atom is -0.331 e. The van der Waals surface area contributed by atoms with Crippen molar-refractivity contribution in [1.82, 2.24) is 15.6 Å². The average Bonchev–Trinajstić information content (AvgIpc) is 2.48. The molecule has 22 heavy (non-hydrogen) atoms. The summed E-state index contributed by atoms with van der Waals surface area (Å²) in [5.41, 5.74) is 6.12. The molecule has 1 aromatic carbocycles. The molecule has 0 atom stereocenters. The zero-order valence-corrected chi connectivity index (χ0v) is 13.3. The molecule has 0 aliphatic rings. The van der Waals surface area contributed by atoms with E-state index < -0.39 is 5.76 Å². The molecule has 0 amide bonds. The van der Waals surface area contributed by atoms with Crippen molar-refractivity contribution in [1.29, 1.82) is 0 Å². The van der Waals surface area contributed by atoms with E-state index >= 15 is 0 Å². The number of rotatable bonds is 5. The Hall–Kier alpha value is -1.71. The fourth-order valence-electron chi connectivity index (χ4n) is 1.39. The van der Waals surface area contributed by atoms with Crippen LogP contribution < -0.4 is 16.2 Å². The minimum absolute atomic E-state index is 0.283. The molecule has 0 saturated heterocycles.